The Balaban J connectivity index is 4.23. The molecule has 0 rings (SSSR count). The summed E-state index contributed by atoms with van der Waals surface area (Å²) >= 11 is 0. The second-order valence-corrected chi connectivity index (χ2v) is 2.67. The molecule has 5 heteroatoms. The molecule has 0 aliphatic rings. The van der Waals surface area contributed by atoms with E-state index >= 15 is 0 Å². The Morgan fingerprint density at radius 2 is 2.07 bits per heavy atom. The first-order valence-corrected chi connectivity index (χ1v) is 4.40. The van der Waals surface area contributed by atoms with E-state index in [9.17, 15) is 9.59 Å². The fourth-order valence-electron chi connectivity index (χ4n) is 0.809. The van der Waals surface area contributed by atoms with Crippen LogP contribution in [0.25, 0.3) is 0 Å². The number of carbonyl (C=O) groups is 2. The van der Waals surface area contributed by atoms with Crippen LogP contribution in [0.15, 0.2) is 24.0 Å². The molecule has 0 aliphatic carbocycles. The molecule has 0 saturated heterocycles. The van der Waals surface area contributed by atoms with Crippen molar-refractivity contribution in [2.45, 2.75) is 13.8 Å². The predicted molar refractivity (Wildman–Crippen MR) is 54.7 cm³/mol. The number of nitrogens with one attached hydrogen (secondary N) is 1. The van der Waals surface area contributed by atoms with Gasteiger partial charge in [0.1, 0.15) is 5.70 Å². The maximum Gasteiger partial charge on any atom is 0.353 e. The number of carbonyl (C=O) groups excluding carboxylic acids is 2. The minimum atomic E-state index is -0.577. The number of esters is 2. The van der Waals surface area contributed by atoms with Gasteiger partial charge >= 0.3 is 11.9 Å². The number of ether oxygens (including phenoxy) is 2. The topological polar surface area (TPSA) is 64.6 Å². The van der Waals surface area contributed by atoms with Crippen molar-refractivity contribution < 1.29 is 19.1 Å². The highest BCUT2D eigenvalue weighted by atomic mass is 16.5. The number of methoxy groups -OCH3 is 1. The van der Waals surface area contributed by atoms with Crippen molar-refractivity contribution in [1.29, 1.82) is 0 Å². The van der Waals surface area contributed by atoms with Gasteiger partial charge in [-0.2, -0.15) is 0 Å². The van der Waals surface area contributed by atoms with Gasteiger partial charge < -0.3 is 14.8 Å². The van der Waals surface area contributed by atoms with Crippen LogP contribution in [-0.4, -0.2) is 25.7 Å². The molecule has 0 aromatic carbocycles. The first kappa shape index (κ1) is 13.2. The highest BCUT2D eigenvalue weighted by molar-refractivity contribution is 5.88. The smallest absolute Gasteiger partial charge is 0.353 e. The van der Waals surface area contributed by atoms with Crippen LogP contribution in [0.1, 0.15) is 13.8 Å². The zero-order chi connectivity index (χ0) is 11.8. The molecule has 0 heterocycles. The molecule has 0 spiro atoms. The van der Waals surface area contributed by atoms with Gasteiger partial charge in [-0.15, -0.1) is 0 Å². The van der Waals surface area contributed by atoms with Crippen LogP contribution in [-0.2, 0) is 19.1 Å². The van der Waals surface area contributed by atoms with E-state index in [1.54, 1.807) is 13.8 Å². The monoisotopic (exact) mass is 213 g/mol. The molecule has 0 unspecified atom stereocenters. The highest BCUT2D eigenvalue weighted by Gasteiger charge is 2.06. The molecular weight excluding hydrogens is 198 g/mol. The SMILES string of the molecule is C=C(N/C(C)=C/C(=O)OCC)C(=O)OC. The molecule has 0 radical (unpaired) electrons. The molecule has 15 heavy (non-hydrogen) atoms. The molecule has 84 valence electrons. The fourth-order valence-corrected chi connectivity index (χ4v) is 0.809. The third-order valence-corrected chi connectivity index (χ3v) is 1.40. The van der Waals surface area contributed by atoms with Crippen LogP contribution >= 0.6 is 0 Å². The molecule has 0 bridgehead atoms. The van der Waals surface area contributed by atoms with Crippen LogP contribution < -0.4 is 5.32 Å². The van der Waals surface area contributed by atoms with Crippen LogP contribution in [0.5, 0.6) is 0 Å². The summed E-state index contributed by atoms with van der Waals surface area (Å²) in [6.45, 7) is 7.07. The van der Waals surface area contributed by atoms with Gasteiger partial charge in [-0.25, -0.2) is 9.59 Å². The molecule has 0 amide bonds. The number of hydrogen-bond acceptors (Lipinski definition) is 5. The lowest BCUT2D eigenvalue weighted by Gasteiger charge is -2.07. The Morgan fingerprint density at radius 3 is 2.53 bits per heavy atom. The van der Waals surface area contributed by atoms with E-state index in [2.05, 4.69) is 21.4 Å². The van der Waals surface area contributed by atoms with Gasteiger partial charge in [-0.05, 0) is 13.8 Å². The molecule has 1 N–H and O–H groups in total. The molecule has 0 aromatic rings. The average Bonchev–Trinajstić information content (AvgIpc) is 2.16. The quantitative estimate of drug-likeness (QED) is 0.538. The van der Waals surface area contributed by atoms with Gasteiger partial charge in [0.15, 0.2) is 0 Å². The summed E-state index contributed by atoms with van der Waals surface area (Å²) in [7, 11) is 1.25. The van der Waals surface area contributed by atoms with Crippen LogP contribution in [0.3, 0.4) is 0 Å². The van der Waals surface area contributed by atoms with E-state index in [0.717, 1.165) is 0 Å². The van der Waals surface area contributed by atoms with E-state index < -0.39 is 11.9 Å². The van der Waals surface area contributed by atoms with Gasteiger partial charge in [0.2, 0.25) is 0 Å². The van der Waals surface area contributed by atoms with Gasteiger partial charge in [-0.1, -0.05) is 6.58 Å². The second kappa shape index (κ2) is 6.64. The normalized spacial score (nSPS) is 10.5. The average molecular weight is 213 g/mol. The minimum absolute atomic E-state index is 0.0653. The number of allylic oxidation sites excluding steroid dienone is 1. The van der Waals surface area contributed by atoms with E-state index in [1.807, 2.05) is 0 Å². The number of rotatable bonds is 5. The Kier molecular flexibility index (Phi) is 5.85. The lowest BCUT2D eigenvalue weighted by molar-refractivity contribution is -0.138. The van der Waals surface area contributed by atoms with Crippen molar-refractivity contribution in [3.05, 3.63) is 24.0 Å². The van der Waals surface area contributed by atoms with Gasteiger partial charge in [-0.3, -0.25) is 0 Å². The zero-order valence-corrected chi connectivity index (χ0v) is 9.12. The third kappa shape index (κ3) is 5.51. The summed E-state index contributed by atoms with van der Waals surface area (Å²) in [5.41, 5.74) is 0.527. The van der Waals surface area contributed by atoms with Crippen LogP contribution in [0, 0.1) is 0 Å². The summed E-state index contributed by atoms with van der Waals surface area (Å²) < 4.78 is 9.10. The molecule has 0 atom stereocenters. The van der Waals surface area contributed by atoms with Crippen molar-refractivity contribution in [2.24, 2.45) is 0 Å². The van der Waals surface area contributed by atoms with Crippen LogP contribution in [0.2, 0.25) is 0 Å². The first-order chi connectivity index (χ1) is 7.01. The molecule has 0 fully saturated rings. The highest BCUT2D eigenvalue weighted by Crippen LogP contribution is 1.96. The Labute approximate surface area is 88.7 Å². The van der Waals surface area contributed by atoms with Crippen molar-refractivity contribution in [3.63, 3.8) is 0 Å². The van der Waals surface area contributed by atoms with E-state index in [4.69, 9.17) is 0 Å². The molecule has 5 nitrogen and oxygen atoms in total. The molecule has 0 aromatic heterocycles. The maximum atomic E-state index is 11.0. The van der Waals surface area contributed by atoms with Gasteiger partial charge in [0, 0.05) is 11.8 Å². The van der Waals surface area contributed by atoms with Crippen molar-refractivity contribution in [2.75, 3.05) is 13.7 Å². The molecule has 0 saturated carbocycles. The zero-order valence-electron chi connectivity index (χ0n) is 9.12. The summed E-state index contributed by atoms with van der Waals surface area (Å²) in [6.07, 6.45) is 1.23. The van der Waals surface area contributed by atoms with Crippen LogP contribution in [0.4, 0.5) is 0 Å². The minimum Gasteiger partial charge on any atom is -0.464 e. The number of hydrogen-bond donors (Lipinski definition) is 1. The van der Waals surface area contributed by atoms with Crippen molar-refractivity contribution in [3.8, 4) is 0 Å². The Bertz CT molecular complexity index is 294. The maximum absolute atomic E-state index is 11.0. The second-order valence-electron chi connectivity index (χ2n) is 2.67. The molecule has 0 aliphatic heterocycles. The van der Waals surface area contributed by atoms with Crippen molar-refractivity contribution in [1.82, 2.24) is 5.32 Å². The summed E-state index contributed by atoms with van der Waals surface area (Å²) in [5.74, 6) is -1.05. The van der Waals surface area contributed by atoms with Crippen molar-refractivity contribution >= 4 is 11.9 Å². The predicted octanol–water partition coefficient (Wildman–Crippen LogP) is 0.730. The first-order valence-electron chi connectivity index (χ1n) is 4.40. The van der Waals surface area contributed by atoms with E-state index in [-0.39, 0.29) is 5.70 Å². The van der Waals surface area contributed by atoms with Gasteiger partial charge in [0.25, 0.3) is 0 Å². The largest absolute Gasteiger partial charge is 0.464 e. The van der Waals surface area contributed by atoms with E-state index in [1.165, 1.54) is 13.2 Å². The lowest BCUT2D eigenvalue weighted by Crippen LogP contribution is -2.19. The lowest BCUT2D eigenvalue weighted by atomic mass is 10.4. The van der Waals surface area contributed by atoms with Gasteiger partial charge in [0.05, 0.1) is 13.7 Å². The Morgan fingerprint density at radius 1 is 1.47 bits per heavy atom. The summed E-state index contributed by atoms with van der Waals surface area (Å²) in [5, 5.41) is 2.61. The Hall–Kier alpha value is -1.78. The van der Waals surface area contributed by atoms with E-state index in [0.29, 0.717) is 12.3 Å². The molecular formula is C10H15NO4. The summed E-state index contributed by atoms with van der Waals surface area (Å²) in [4.78, 5) is 21.9. The third-order valence-electron chi connectivity index (χ3n) is 1.40. The fraction of sp³-hybridized carbons (Fsp3) is 0.400. The summed E-state index contributed by atoms with van der Waals surface area (Å²) in [6, 6.07) is 0. The standard InChI is InChI=1S/C10H15NO4/c1-5-15-9(12)6-7(2)11-8(3)10(13)14-4/h6,11H,3,5H2,1-2,4H3/b7-6+.